The molecule has 1 fully saturated rings. The molecule has 1 heterocycles. The molecular weight excluding hydrogens is 352 g/mol. The van der Waals surface area contributed by atoms with Crippen LogP contribution in [0.2, 0.25) is 0 Å². The minimum atomic E-state index is -4.13. The van der Waals surface area contributed by atoms with Crippen LogP contribution in [-0.4, -0.2) is 47.0 Å². The van der Waals surface area contributed by atoms with Crippen LogP contribution in [0, 0.1) is 0 Å². The zero-order chi connectivity index (χ0) is 18.6. The van der Waals surface area contributed by atoms with Crippen molar-refractivity contribution in [2.45, 2.75) is 24.2 Å². The Morgan fingerprint density at radius 3 is 2.40 bits per heavy atom. The zero-order valence-corrected chi connectivity index (χ0v) is 14.6. The van der Waals surface area contributed by atoms with Crippen molar-refractivity contribution < 1.29 is 32.3 Å². The first kappa shape index (κ1) is 18.9. The highest BCUT2D eigenvalue weighted by Gasteiger charge is 2.29. The number of amides is 2. The highest BCUT2D eigenvalue weighted by Crippen LogP contribution is 2.30. The molecule has 1 aromatic rings. The Bertz CT molecular complexity index is 788. The summed E-state index contributed by atoms with van der Waals surface area (Å²) < 4.78 is 36.4. The van der Waals surface area contributed by atoms with Crippen LogP contribution in [0.5, 0.6) is 5.75 Å². The fourth-order valence-corrected chi connectivity index (χ4v) is 3.52. The van der Waals surface area contributed by atoms with Gasteiger partial charge < -0.3 is 9.47 Å². The van der Waals surface area contributed by atoms with E-state index in [1.807, 2.05) is 0 Å². The lowest BCUT2D eigenvalue weighted by atomic mass is 10.1. The van der Waals surface area contributed by atoms with E-state index < -0.39 is 34.4 Å². The number of nitrogens with zero attached hydrogens (tertiary/aromatic N) is 1. The summed E-state index contributed by atoms with van der Waals surface area (Å²) in [6.07, 6.45) is 0.886. The van der Waals surface area contributed by atoms with E-state index in [9.17, 15) is 22.8 Å². The largest absolute Gasteiger partial charge is 0.495 e. The van der Waals surface area contributed by atoms with Gasteiger partial charge in [-0.05, 0) is 24.6 Å². The van der Waals surface area contributed by atoms with Crippen molar-refractivity contribution in [3.05, 3.63) is 18.2 Å². The third kappa shape index (κ3) is 4.15. The topological polar surface area (TPSA) is 119 Å². The monoisotopic (exact) mass is 370 g/mol. The van der Waals surface area contributed by atoms with E-state index in [2.05, 4.69) is 9.46 Å². The van der Waals surface area contributed by atoms with Crippen LogP contribution in [0.1, 0.15) is 19.3 Å². The lowest BCUT2D eigenvalue weighted by Gasteiger charge is -2.25. The second-order valence-electron chi connectivity index (χ2n) is 5.21. The molecule has 0 saturated carbocycles. The Morgan fingerprint density at radius 1 is 1.20 bits per heavy atom. The number of rotatable bonds is 6. The first-order valence-electron chi connectivity index (χ1n) is 7.40. The number of hydrogen-bond acceptors (Lipinski definition) is 7. The van der Waals surface area contributed by atoms with Gasteiger partial charge in [-0.15, -0.1) is 0 Å². The summed E-state index contributed by atoms with van der Waals surface area (Å²) in [5, 5.41) is 0. The van der Waals surface area contributed by atoms with Crippen molar-refractivity contribution in [1.29, 1.82) is 0 Å². The quantitative estimate of drug-likeness (QED) is 0.561. The summed E-state index contributed by atoms with van der Waals surface area (Å²) in [5.41, 5.74) is 0.133. The molecule has 1 aliphatic heterocycles. The van der Waals surface area contributed by atoms with Gasteiger partial charge >= 0.3 is 5.97 Å². The first-order chi connectivity index (χ1) is 11.8. The van der Waals surface area contributed by atoms with E-state index in [1.165, 1.54) is 25.3 Å². The van der Waals surface area contributed by atoms with Crippen LogP contribution in [0.3, 0.4) is 0 Å². The van der Waals surface area contributed by atoms with E-state index >= 15 is 0 Å². The van der Waals surface area contributed by atoms with Gasteiger partial charge in [0.2, 0.25) is 21.8 Å². The van der Waals surface area contributed by atoms with Gasteiger partial charge in [-0.25, -0.2) is 8.42 Å². The summed E-state index contributed by atoms with van der Waals surface area (Å²) >= 11 is 0. The van der Waals surface area contributed by atoms with Crippen molar-refractivity contribution in [2.75, 3.05) is 25.7 Å². The molecule has 0 atom stereocenters. The number of esters is 1. The summed E-state index contributed by atoms with van der Waals surface area (Å²) in [6.45, 7) is -0.562. The molecule has 1 saturated heterocycles. The number of nitrogens with one attached hydrogen (secondary N) is 1. The number of piperidine rings is 1. The fourth-order valence-electron chi connectivity index (χ4n) is 2.36. The lowest BCUT2D eigenvalue weighted by molar-refractivity contribution is -0.139. The minimum absolute atomic E-state index is 0.0121. The van der Waals surface area contributed by atoms with E-state index in [4.69, 9.17) is 4.74 Å². The van der Waals surface area contributed by atoms with E-state index in [-0.39, 0.29) is 29.2 Å². The van der Waals surface area contributed by atoms with Crippen molar-refractivity contribution >= 4 is 33.5 Å². The minimum Gasteiger partial charge on any atom is -0.495 e. The molecule has 1 N–H and O–H groups in total. The Morgan fingerprint density at radius 2 is 1.84 bits per heavy atom. The zero-order valence-electron chi connectivity index (χ0n) is 13.8. The van der Waals surface area contributed by atoms with E-state index in [0.29, 0.717) is 6.42 Å². The molecule has 0 radical (unpaired) electrons. The van der Waals surface area contributed by atoms with Gasteiger partial charge in [-0.2, -0.15) is 4.72 Å². The van der Waals surface area contributed by atoms with Gasteiger partial charge in [0.1, 0.15) is 17.2 Å². The van der Waals surface area contributed by atoms with Crippen molar-refractivity contribution in [3.63, 3.8) is 0 Å². The number of carbonyl (C=O) groups excluding carboxylic acids is 3. The van der Waals surface area contributed by atoms with Gasteiger partial charge in [-0.3, -0.25) is 19.3 Å². The molecule has 2 rings (SSSR count). The number of carbonyl (C=O) groups is 3. The maximum absolute atomic E-state index is 12.4. The summed E-state index contributed by atoms with van der Waals surface area (Å²) in [5.74, 6) is -1.54. The Balaban J connectivity index is 2.41. The fraction of sp³-hybridized carbons (Fsp3) is 0.400. The molecule has 2 amide bonds. The van der Waals surface area contributed by atoms with Crippen LogP contribution in [0.15, 0.2) is 23.1 Å². The SMILES string of the molecule is COC(=O)CNS(=O)(=O)c1cc(N2C(=O)CCCC2=O)ccc1OC. The molecular formula is C15H18N2O7S. The molecule has 0 unspecified atom stereocenters. The van der Waals surface area contributed by atoms with Crippen LogP contribution >= 0.6 is 0 Å². The molecule has 9 nitrogen and oxygen atoms in total. The lowest BCUT2D eigenvalue weighted by Crippen LogP contribution is -2.40. The Hall–Kier alpha value is -2.46. The molecule has 0 aromatic heterocycles. The summed E-state index contributed by atoms with van der Waals surface area (Å²) in [6, 6.07) is 3.94. The number of sulfonamides is 1. The van der Waals surface area contributed by atoms with E-state index in [0.717, 1.165) is 12.0 Å². The summed E-state index contributed by atoms with van der Waals surface area (Å²) in [7, 11) is -1.72. The maximum Gasteiger partial charge on any atom is 0.320 e. The molecule has 0 bridgehead atoms. The number of anilines is 1. The molecule has 25 heavy (non-hydrogen) atoms. The predicted octanol–water partition coefficient (Wildman–Crippen LogP) is 0.190. The number of benzene rings is 1. The number of ether oxygens (including phenoxy) is 2. The first-order valence-corrected chi connectivity index (χ1v) is 8.88. The average molecular weight is 370 g/mol. The van der Waals surface area contributed by atoms with Crippen LogP contribution in [0.25, 0.3) is 0 Å². The van der Waals surface area contributed by atoms with Crippen LogP contribution in [0.4, 0.5) is 5.69 Å². The van der Waals surface area contributed by atoms with Gasteiger partial charge in [0.05, 0.1) is 19.9 Å². The summed E-state index contributed by atoms with van der Waals surface area (Å²) in [4.78, 5) is 35.9. The van der Waals surface area contributed by atoms with Crippen molar-refractivity contribution in [2.24, 2.45) is 0 Å². The van der Waals surface area contributed by atoms with Gasteiger partial charge in [0.25, 0.3) is 0 Å². The Kier molecular flexibility index (Phi) is 5.75. The maximum atomic E-state index is 12.4. The standard InChI is InChI=1S/C15H18N2O7S/c1-23-11-7-6-10(17-13(18)4-3-5-14(17)19)8-12(11)25(21,22)16-9-15(20)24-2/h6-8,16H,3-5,9H2,1-2H3. The molecule has 1 aliphatic rings. The number of methoxy groups -OCH3 is 2. The van der Waals surface area contributed by atoms with Gasteiger partial charge in [0.15, 0.2) is 0 Å². The molecule has 10 heteroatoms. The molecule has 136 valence electrons. The second kappa shape index (κ2) is 7.62. The van der Waals surface area contributed by atoms with Gasteiger partial charge in [-0.1, -0.05) is 0 Å². The highest BCUT2D eigenvalue weighted by molar-refractivity contribution is 7.89. The normalized spacial score (nSPS) is 15.2. The van der Waals surface area contributed by atoms with Crippen molar-refractivity contribution in [1.82, 2.24) is 4.72 Å². The number of hydrogen-bond donors (Lipinski definition) is 1. The second-order valence-corrected chi connectivity index (χ2v) is 6.95. The van der Waals surface area contributed by atoms with Gasteiger partial charge in [0, 0.05) is 12.8 Å². The predicted molar refractivity (Wildman–Crippen MR) is 86.5 cm³/mol. The third-order valence-corrected chi connectivity index (χ3v) is 5.03. The third-order valence-electron chi connectivity index (χ3n) is 3.61. The van der Waals surface area contributed by atoms with Crippen LogP contribution < -0.4 is 14.4 Å². The molecule has 0 spiro atoms. The molecule has 0 aliphatic carbocycles. The molecule has 1 aromatic carbocycles. The smallest absolute Gasteiger partial charge is 0.320 e. The van der Waals surface area contributed by atoms with Crippen molar-refractivity contribution in [3.8, 4) is 5.75 Å². The average Bonchev–Trinajstić information content (AvgIpc) is 2.59. The number of imide groups is 1. The Labute approximate surface area is 144 Å². The van der Waals surface area contributed by atoms with E-state index in [1.54, 1.807) is 0 Å². The van der Waals surface area contributed by atoms with Crippen LogP contribution in [-0.2, 0) is 29.1 Å². The highest BCUT2D eigenvalue weighted by atomic mass is 32.2.